The van der Waals surface area contributed by atoms with Crippen LogP contribution >= 0.6 is 11.6 Å². The standard InChI is InChI=1S/C19H21ClN4O/c1-13-18(11-19(25)23-9-7-15(12-21)8-10-23)14(2)24(22-13)17-5-3-16(20)4-6-17/h3-6,15H,7-11H2,1-2H3. The molecular formula is C19H21ClN4O. The molecule has 0 N–H and O–H groups in total. The van der Waals surface area contributed by atoms with E-state index in [1.807, 2.05) is 47.7 Å². The van der Waals surface area contributed by atoms with Gasteiger partial charge in [-0.1, -0.05) is 11.6 Å². The maximum atomic E-state index is 12.6. The summed E-state index contributed by atoms with van der Waals surface area (Å²) in [7, 11) is 0. The molecule has 0 radical (unpaired) electrons. The highest BCUT2D eigenvalue weighted by Gasteiger charge is 2.24. The number of carbonyl (C=O) groups excluding carboxylic acids is 1. The van der Waals surface area contributed by atoms with E-state index in [0.717, 1.165) is 35.5 Å². The predicted molar refractivity (Wildman–Crippen MR) is 96.7 cm³/mol. The van der Waals surface area contributed by atoms with Gasteiger partial charge in [-0.15, -0.1) is 0 Å². The van der Waals surface area contributed by atoms with E-state index in [0.29, 0.717) is 24.5 Å². The van der Waals surface area contributed by atoms with Gasteiger partial charge in [0, 0.05) is 35.3 Å². The molecule has 1 saturated heterocycles. The van der Waals surface area contributed by atoms with Crippen LogP contribution in [0, 0.1) is 31.1 Å². The van der Waals surface area contributed by atoms with E-state index >= 15 is 0 Å². The van der Waals surface area contributed by atoms with Crippen molar-refractivity contribution in [1.82, 2.24) is 14.7 Å². The van der Waals surface area contributed by atoms with Crippen LogP contribution in [0.5, 0.6) is 0 Å². The van der Waals surface area contributed by atoms with Crippen molar-refractivity contribution in [2.24, 2.45) is 5.92 Å². The second-order valence-corrected chi connectivity index (χ2v) is 6.93. The molecule has 1 aliphatic heterocycles. The molecule has 3 rings (SSSR count). The van der Waals surface area contributed by atoms with Crippen molar-refractivity contribution < 1.29 is 4.79 Å². The van der Waals surface area contributed by atoms with Crippen molar-refractivity contribution in [3.8, 4) is 11.8 Å². The fraction of sp³-hybridized carbons (Fsp3) is 0.421. The second kappa shape index (κ2) is 7.28. The van der Waals surface area contributed by atoms with Gasteiger partial charge in [-0.2, -0.15) is 10.4 Å². The number of carbonyl (C=O) groups is 1. The second-order valence-electron chi connectivity index (χ2n) is 6.50. The zero-order valence-corrected chi connectivity index (χ0v) is 15.3. The predicted octanol–water partition coefficient (Wildman–Crippen LogP) is 3.45. The van der Waals surface area contributed by atoms with Gasteiger partial charge >= 0.3 is 0 Å². The van der Waals surface area contributed by atoms with Crippen LogP contribution in [-0.2, 0) is 11.2 Å². The van der Waals surface area contributed by atoms with Gasteiger partial charge in [0.05, 0.1) is 23.9 Å². The summed E-state index contributed by atoms with van der Waals surface area (Å²) in [6.07, 6.45) is 1.89. The molecule has 0 aliphatic carbocycles. The normalized spacial score (nSPS) is 15.2. The average molecular weight is 357 g/mol. The quantitative estimate of drug-likeness (QED) is 0.846. The molecule has 1 amide bonds. The minimum absolute atomic E-state index is 0.0835. The number of hydrogen-bond donors (Lipinski definition) is 0. The smallest absolute Gasteiger partial charge is 0.227 e. The first-order valence-electron chi connectivity index (χ1n) is 8.48. The SMILES string of the molecule is Cc1nn(-c2ccc(Cl)cc2)c(C)c1CC(=O)N1CCC(C#N)CC1. The van der Waals surface area contributed by atoms with Crippen molar-refractivity contribution in [2.45, 2.75) is 33.1 Å². The van der Waals surface area contributed by atoms with E-state index in [4.69, 9.17) is 16.9 Å². The number of nitrogens with zero attached hydrogens (tertiary/aromatic N) is 4. The van der Waals surface area contributed by atoms with E-state index in [1.54, 1.807) is 0 Å². The number of aryl methyl sites for hydroxylation is 1. The molecule has 1 fully saturated rings. The maximum absolute atomic E-state index is 12.6. The van der Waals surface area contributed by atoms with E-state index < -0.39 is 0 Å². The number of hydrogen-bond acceptors (Lipinski definition) is 3. The lowest BCUT2D eigenvalue weighted by Crippen LogP contribution is -2.39. The summed E-state index contributed by atoms with van der Waals surface area (Å²) in [4.78, 5) is 14.5. The number of aromatic nitrogens is 2. The lowest BCUT2D eigenvalue weighted by Gasteiger charge is -2.29. The summed E-state index contributed by atoms with van der Waals surface area (Å²) >= 11 is 5.95. The molecular weight excluding hydrogens is 336 g/mol. The number of halogens is 1. The van der Waals surface area contributed by atoms with Gasteiger partial charge in [0.2, 0.25) is 5.91 Å². The Hall–Kier alpha value is -2.32. The first-order valence-corrected chi connectivity index (χ1v) is 8.86. The molecule has 0 spiro atoms. The monoisotopic (exact) mass is 356 g/mol. The molecule has 1 aromatic carbocycles. The third-order valence-electron chi connectivity index (χ3n) is 4.87. The van der Waals surface area contributed by atoms with Crippen molar-refractivity contribution in [3.05, 3.63) is 46.2 Å². The van der Waals surface area contributed by atoms with Crippen molar-refractivity contribution in [2.75, 3.05) is 13.1 Å². The van der Waals surface area contributed by atoms with E-state index in [1.165, 1.54) is 0 Å². The molecule has 5 nitrogen and oxygen atoms in total. The fourth-order valence-electron chi connectivity index (χ4n) is 3.29. The number of nitriles is 1. The third-order valence-corrected chi connectivity index (χ3v) is 5.12. The van der Waals surface area contributed by atoms with E-state index in [2.05, 4.69) is 11.2 Å². The first kappa shape index (κ1) is 17.5. The Kier molecular flexibility index (Phi) is 5.10. The molecule has 2 aromatic rings. The molecule has 0 unspecified atom stereocenters. The van der Waals surface area contributed by atoms with Gasteiger partial charge in [0.1, 0.15) is 0 Å². The Morgan fingerprint density at radius 3 is 2.52 bits per heavy atom. The van der Waals surface area contributed by atoms with Crippen LogP contribution in [0.15, 0.2) is 24.3 Å². The summed E-state index contributed by atoms with van der Waals surface area (Å²) in [6.45, 7) is 5.25. The Morgan fingerprint density at radius 1 is 1.28 bits per heavy atom. The maximum Gasteiger partial charge on any atom is 0.227 e. The average Bonchev–Trinajstić information content (AvgIpc) is 2.90. The fourth-order valence-corrected chi connectivity index (χ4v) is 3.41. The molecule has 130 valence electrons. The van der Waals surface area contributed by atoms with Crippen LogP contribution in [0.3, 0.4) is 0 Å². The Labute approximate surface area is 152 Å². The van der Waals surface area contributed by atoms with Crippen LogP contribution in [0.2, 0.25) is 5.02 Å². The first-order chi connectivity index (χ1) is 12.0. The lowest BCUT2D eigenvalue weighted by atomic mass is 9.98. The Bertz CT molecular complexity index is 811. The van der Waals surface area contributed by atoms with Crippen LogP contribution < -0.4 is 0 Å². The van der Waals surface area contributed by atoms with Crippen LogP contribution in [-0.4, -0.2) is 33.7 Å². The minimum Gasteiger partial charge on any atom is -0.342 e. The van der Waals surface area contributed by atoms with Crippen molar-refractivity contribution in [1.29, 1.82) is 5.26 Å². The van der Waals surface area contributed by atoms with Crippen LogP contribution in [0.25, 0.3) is 5.69 Å². The highest BCUT2D eigenvalue weighted by atomic mass is 35.5. The summed E-state index contributed by atoms with van der Waals surface area (Å²) in [5.74, 6) is 0.193. The molecule has 0 saturated carbocycles. The summed E-state index contributed by atoms with van der Waals surface area (Å²) in [5, 5.41) is 14.3. The molecule has 0 bridgehead atoms. The molecule has 6 heteroatoms. The molecule has 1 aromatic heterocycles. The number of benzene rings is 1. The van der Waals surface area contributed by atoms with Gasteiger partial charge in [-0.3, -0.25) is 4.79 Å². The largest absolute Gasteiger partial charge is 0.342 e. The Morgan fingerprint density at radius 2 is 1.92 bits per heavy atom. The van der Waals surface area contributed by atoms with Crippen molar-refractivity contribution >= 4 is 17.5 Å². The van der Waals surface area contributed by atoms with Crippen LogP contribution in [0.1, 0.15) is 29.8 Å². The summed E-state index contributed by atoms with van der Waals surface area (Å²) in [5.41, 5.74) is 3.74. The topological polar surface area (TPSA) is 61.9 Å². The minimum atomic E-state index is 0.0835. The molecule has 0 atom stereocenters. The van der Waals surface area contributed by atoms with Gasteiger partial charge in [-0.25, -0.2) is 4.68 Å². The lowest BCUT2D eigenvalue weighted by molar-refractivity contribution is -0.131. The summed E-state index contributed by atoms with van der Waals surface area (Å²) < 4.78 is 1.86. The zero-order valence-electron chi connectivity index (χ0n) is 14.5. The number of likely N-dealkylation sites (tertiary alicyclic amines) is 1. The van der Waals surface area contributed by atoms with E-state index in [-0.39, 0.29) is 11.8 Å². The van der Waals surface area contributed by atoms with Crippen LogP contribution in [0.4, 0.5) is 0 Å². The van der Waals surface area contributed by atoms with Gasteiger partial charge in [0.25, 0.3) is 0 Å². The number of amides is 1. The highest BCUT2D eigenvalue weighted by Crippen LogP contribution is 2.22. The molecule has 2 heterocycles. The molecule has 1 aliphatic rings. The third kappa shape index (κ3) is 3.69. The number of piperidine rings is 1. The number of rotatable bonds is 3. The van der Waals surface area contributed by atoms with E-state index in [9.17, 15) is 4.79 Å². The van der Waals surface area contributed by atoms with Crippen molar-refractivity contribution in [3.63, 3.8) is 0 Å². The van der Waals surface area contributed by atoms with Gasteiger partial charge < -0.3 is 4.90 Å². The summed E-state index contributed by atoms with van der Waals surface area (Å²) in [6, 6.07) is 9.79. The zero-order chi connectivity index (χ0) is 18.0. The van der Waals surface area contributed by atoms with Gasteiger partial charge in [0.15, 0.2) is 0 Å². The Balaban J connectivity index is 1.76. The highest BCUT2D eigenvalue weighted by molar-refractivity contribution is 6.30. The molecule has 25 heavy (non-hydrogen) atoms. The van der Waals surface area contributed by atoms with Gasteiger partial charge in [-0.05, 0) is 51.0 Å².